The standard InChI is InChI=1S/C11H14N4O3/c12-11-10-9(14-4-15-11)5(2-13-10)7-1-6(17)8(3-16)18-7/h2,4,6-8,13,16-17H,1,3H2,(H2,12,14,15)/t6-,7+,8+/m0/s1. The Balaban J connectivity index is 1.99. The molecule has 0 saturated carbocycles. The Morgan fingerprint density at radius 1 is 1.50 bits per heavy atom. The number of H-pyrrole nitrogens is 1. The van der Waals surface area contributed by atoms with E-state index in [2.05, 4.69) is 15.0 Å². The van der Waals surface area contributed by atoms with Crippen LogP contribution in [0.1, 0.15) is 18.1 Å². The lowest BCUT2D eigenvalue weighted by atomic mass is 10.1. The van der Waals surface area contributed by atoms with E-state index in [-0.39, 0.29) is 12.7 Å². The molecule has 2 aromatic rings. The molecule has 0 aromatic carbocycles. The van der Waals surface area contributed by atoms with E-state index in [1.165, 1.54) is 6.33 Å². The molecule has 1 aliphatic heterocycles. The van der Waals surface area contributed by atoms with E-state index < -0.39 is 12.2 Å². The molecule has 7 nitrogen and oxygen atoms in total. The number of anilines is 1. The highest BCUT2D eigenvalue weighted by molar-refractivity contribution is 5.87. The van der Waals surface area contributed by atoms with Crippen molar-refractivity contribution in [1.29, 1.82) is 0 Å². The number of hydrogen-bond donors (Lipinski definition) is 4. The van der Waals surface area contributed by atoms with Gasteiger partial charge in [-0.2, -0.15) is 0 Å². The molecular formula is C11H14N4O3. The predicted octanol–water partition coefficient (Wildman–Crippen LogP) is -0.277. The van der Waals surface area contributed by atoms with Crippen LogP contribution < -0.4 is 5.73 Å². The van der Waals surface area contributed by atoms with Gasteiger partial charge in [0.15, 0.2) is 5.82 Å². The van der Waals surface area contributed by atoms with E-state index in [0.717, 1.165) is 5.56 Å². The van der Waals surface area contributed by atoms with Gasteiger partial charge < -0.3 is 25.7 Å². The zero-order valence-corrected chi connectivity index (χ0v) is 9.58. The normalized spacial score (nSPS) is 28.0. The highest BCUT2D eigenvalue weighted by atomic mass is 16.5. The van der Waals surface area contributed by atoms with E-state index in [1.54, 1.807) is 6.20 Å². The summed E-state index contributed by atoms with van der Waals surface area (Å²) >= 11 is 0. The van der Waals surface area contributed by atoms with Gasteiger partial charge in [0.2, 0.25) is 0 Å². The highest BCUT2D eigenvalue weighted by Gasteiger charge is 2.35. The Bertz CT molecular complexity index is 570. The molecule has 2 aromatic heterocycles. The number of nitrogen functional groups attached to an aromatic ring is 1. The second-order valence-electron chi connectivity index (χ2n) is 4.38. The number of ether oxygens (including phenoxy) is 1. The van der Waals surface area contributed by atoms with Crippen molar-refractivity contribution in [3.8, 4) is 0 Å². The lowest BCUT2D eigenvalue weighted by Crippen LogP contribution is -2.24. The minimum absolute atomic E-state index is 0.197. The molecule has 7 heteroatoms. The molecule has 0 bridgehead atoms. The summed E-state index contributed by atoms with van der Waals surface area (Å²) in [5.74, 6) is 0.378. The van der Waals surface area contributed by atoms with Crippen LogP contribution in [0, 0.1) is 0 Å². The largest absolute Gasteiger partial charge is 0.394 e. The van der Waals surface area contributed by atoms with Crippen molar-refractivity contribution < 1.29 is 14.9 Å². The summed E-state index contributed by atoms with van der Waals surface area (Å²) in [6.07, 6.45) is 2.09. The maximum Gasteiger partial charge on any atom is 0.151 e. The second kappa shape index (κ2) is 4.20. The maximum absolute atomic E-state index is 9.73. The van der Waals surface area contributed by atoms with Crippen molar-refractivity contribution in [2.45, 2.75) is 24.7 Å². The van der Waals surface area contributed by atoms with Gasteiger partial charge in [-0.3, -0.25) is 0 Å². The van der Waals surface area contributed by atoms with Crippen molar-refractivity contribution in [2.24, 2.45) is 0 Å². The van der Waals surface area contributed by atoms with Gasteiger partial charge in [0.1, 0.15) is 17.9 Å². The third-order valence-electron chi connectivity index (χ3n) is 3.27. The highest BCUT2D eigenvalue weighted by Crippen LogP contribution is 2.36. The fraction of sp³-hybridized carbons (Fsp3) is 0.455. The average molecular weight is 250 g/mol. The van der Waals surface area contributed by atoms with Crippen LogP contribution in [-0.4, -0.2) is 44.0 Å². The second-order valence-corrected chi connectivity index (χ2v) is 4.38. The minimum Gasteiger partial charge on any atom is -0.394 e. The van der Waals surface area contributed by atoms with Gasteiger partial charge in [-0.1, -0.05) is 0 Å². The van der Waals surface area contributed by atoms with Crippen LogP contribution in [0.25, 0.3) is 11.0 Å². The number of nitrogens with zero attached hydrogens (tertiary/aromatic N) is 2. The van der Waals surface area contributed by atoms with Gasteiger partial charge in [0.05, 0.1) is 24.3 Å². The van der Waals surface area contributed by atoms with Crippen LogP contribution in [0.3, 0.4) is 0 Å². The molecule has 18 heavy (non-hydrogen) atoms. The first-order valence-corrected chi connectivity index (χ1v) is 5.72. The van der Waals surface area contributed by atoms with Crippen LogP contribution >= 0.6 is 0 Å². The van der Waals surface area contributed by atoms with Gasteiger partial charge >= 0.3 is 0 Å². The summed E-state index contributed by atoms with van der Waals surface area (Å²) < 4.78 is 5.59. The maximum atomic E-state index is 9.73. The Morgan fingerprint density at radius 3 is 3.06 bits per heavy atom. The first kappa shape index (κ1) is 11.4. The van der Waals surface area contributed by atoms with E-state index in [9.17, 15) is 5.11 Å². The molecule has 1 fully saturated rings. The number of fused-ring (bicyclic) bond motifs is 1. The zero-order valence-electron chi connectivity index (χ0n) is 9.58. The number of aliphatic hydroxyl groups excluding tert-OH is 2. The Labute approximate surface area is 103 Å². The SMILES string of the molecule is Nc1ncnc2c([C@H]3C[C@H](O)[C@@H](CO)O3)c[nH]c12. The van der Waals surface area contributed by atoms with Crippen LogP contribution in [0.15, 0.2) is 12.5 Å². The van der Waals surface area contributed by atoms with Crippen molar-refractivity contribution in [3.63, 3.8) is 0 Å². The lowest BCUT2D eigenvalue weighted by Gasteiger charge is -2.11. The Hall–Kier alpha value is -1.70. The van der Waals surface area contributed by atoms with Gasteiger partial charge in [-0.25, -0.2) is 9.97 Å². The summed E-state index contributed by atoms with van der Waals surface area (Å²) in [5, 5.41) is 18.8. The molecule has 0 unspecified atom stereocenters. The molecule has 0 aliphatic carbocycles. The fourth-order valence-corrected chi connectivity index (χ4v) is 2.32. The number of rotatable bonds is 2. The zero-order chi connectivity index (χ0) is 12.7. The van der Waals surface area contributed by atoms with Crippen LogP contribution in [0.5, 0.6) is 0 Å². The number of aromatic nitrogens is 3. The number of hydrogen-bond acceptors (Lipinski definition) is 6. The van der Waals surface area contributed by atoms with Gasteiger partial charge in [0, 0.05) is 18.2 Å². The van der Waals surface area contributed by atoms with Crippen molar-refractivity contribution in [1.82, 2.24) is 15.0 Å². The van der Waals surface area contributed by atoms with E-state index in [4.69, 9.17) is 15.6 Å². The molecule has 1 saturated heterocycles. The summed E-state index contributed by atoms with van der Waals surface area (Å²) in [6.45, 7) is -0.197. The smallest absolute Gasteiger partial charge is 0.151 e. The van der Waals surface area contributed by atoms with Crippen molar-refractivity contribution in [3.05, 3.63) is 18.1 Å². The Kier molecular flexibility index (Phi) is 2.66. The topological polar surface area (TPSA) is 117 Å². The average Bonchev–Trinajstić information content (AvgIpc) is 2.93. The Morgan fingerprint density at radius 2 is 2.33 bits per heavy atom. The summed E-state index contributed by atoms with van der Waals surface area (Å²) in [7, 11) is 0. The molecular weight excluding hydrogens is 236 g/mol. The lowest BCUT2D eigenvalue weighted by molar-refractivity contribution is -0.0222. The number of nitrogens with two attached hydrogens (primary N) is 1. The van der Waals surface area contributed by atoms with Gasteiger partial charge in [-0.05, 0) is 0 Å². The van der Waals surface area contributed by atoms with Crippen LogP contribution in [0.4, 0.5) is 5.82 Å². The van der Waals surface area contributed by atoms with Gasteiger partial charge in [0.25, 0.3) is 0 Å². The molecule has 0 amide bonds. The summed E-state index contributed by atoms with van der Waals surface area (Å²) in [6, 6.07) is 0. The minimum atomic E-state index is -0.663. The molecule has 5 N–H and O–H groups in total. The molecule has 1 aliphatic rings. The molecule has 3 rings (SSSR count). The van der Waals surface area contributed by atoms with Crippen LogP contribution in [-0.2, 0) is 4.74 Å². The first-order valence-electron chi connectivity index (χ1n) is 5.72. The van der Waals surface area contributed by atoms with Crippen molar-refractivity contribution >= 4 is 16.9 Å². The molecule has 0 spiro atoms. The monoisotopic (exact) mass is 250 g/mol. The summed E-state index contributed by atoms with van der Waals surface area (Å²) in [4.78, 5) is 11.1. The molecule has 96 valence electrons. The summed E-state index contributed by atoms with van der Waals surface area (Å²) in [5.41, 5.74) is 7.92. The predicted molar refractivity (Wildman–Crippen MR) is 63.6 cm³/mol. The van der Waals surface area contributed by atoms with E-state index >= 15 is 0 Å². The van der Waals surface area contributed by atoms with E-state index in [0.29, 0.717) is 23.3 Å². The molecule has 0 radical (unpaired) electrons. The molecule has 3 heterocycles. The number of nitrogens with one attached hydrogen (secondary N) is 1. The van der Waals surface area contributed by atoms with Crippen molar-refractivity contribution in [2.75, 3.05) is 12.3 Å². The first-order chi connectivity index (χ1) is 8.70. The quantitative estimate of drug-likeness (QED) is 0.582. The molecule has 3 atom stereocenters. The van der Waals surface area contributed by atoms with E-state index in [1.807, 2.05) is 0 Å². The third kappa shape index (κ3) is 1.64. The van der Waals surface area contributed by atoms with Crippen LogP contribution in [0.2, 0.25) is 0 Å². The number of aliphatic hydroxyl groups is 2. The number of aromatic amines is 1. The van der Waals surface area contributed by atoms with Gasteiger partial charge in [-0.15, -0.1) is 0 Å². The fourth-order valence-electron chi connectivity index (χ4n) is 2.32. The third-order valence-corrected chi connectivity index (χ3v) is 3.27.